The number of hydrogen-bond donors (Lipinski definition) is 2. The number of carbonyl (C=O) groups excluding carboxylic acids is 1. The number of amides is 1. The van der Waals surface area contributed by atoms with Crippen LogP contribution in [0.4, 0.5) is 5.69 Å². The van der Waals surface area contributed by atoms with Gasteiger partial charge in [-0.15, -0.1) is 0 Å². The molecule has 124 valence electrons. The number of nitrogens with zero attached hydrogens (tertiary/aromatic N) is 1. The highest BCUT2D eigenvalue weighted by Gasteiger charge is 2.12. The summed E-state index contributed by atoms with van der Waals surface area (Å²) in [5, 5.41) is 2.80. The molecule has 2 N–H and O–H groups in total. The molecule has 3 aromatic rings. The minimum absolute atomic E-state index is 0.201. The lowest BCUT2D eigenvalue weighted by atomic mass is 10.1. The fraction of sp³-hybridized carbons (Fsp3) is 0.176. The van der Waals surface area contributed by atoms with Gasteiger partial charge in [0, 0.05) is 18.3 Å². The molecular weight excluding hydrogens is 310 g/mol. The molecule has 0 fully saturated rings. The fourth-order valence-electron chi connectivity index (χ4n) is 2.50. The molecule has 1 heterocycles. The number of aromatic nitrogens is 2. The first kappa shape index (κ1) is 15.7. The number of aryl methyl sites for hydroxylation is 1. The van der Waals surface area contributed by atoms with E-state index in [-0.39, 0.29) is 11.6 Å². The van der Waals surface area contributed by atoms with Crippen molar-refractivity contribution in [3.05, 3.63) is 52.4 Å². The van der Waals surface area contributed by atoms with Crippen molar-refractivity contribution in [2.45, 2.75) is 0 Å². The van der Waals surface area contributed by atoms with Crippen LogP contribution in [0.2, 0.25) is 0 Å². The number of hydrogen-bond acceptors (Lipinski definition) is 4. The first-order valence-corrected chi connectivity index (χ1v) is 7.25. The predicted molar refractivity (Wildman–Crippen MR) is 91.0 cm³/mol. The summed E-state index contributed by atoms with van der Waals surface area (Å²) in [5.74, 6) is 0.749. The normalized spacial score (nSPS) is 10.6. The highest BCUT2D eigenvalue weighted by atomic mass is 16.5. The van der Waals surface area contributed by atoms with Gasteiger partial charge in [-0.25, -0.2) is 4.79 Å². The van der Waals surface area contributed by atoms with Gasteiger partial charge in [-0.2, -0.15) is 0 Å². The van der Waals surface area contributed by atoms with Crippen molar-refractivity contribution in [2.75, 3.05) is 19.5 Å². The topological polar surface area (TPSA) is 85.4 Å². The second kappa shape index (κ2) is 6.11. The fourth-order valence-corrected chi connectivity index (χ4v) is 2.50. The van der Waals surface area contributed by atoms with Crippen LogP contribution in [0.25, 0.3) is 11.0 Å². The van der Waals surface area contributed by atoms with Crippen LogP contribution in [0, 0.1) is 0 Å². The Morgan fingerprint density at radius 1 is 1.08 bits per heavy atom. The number of benzene rings is 2. The van der Waals surface area contributed by atoms with Gasteiger partial charge < -0.3 is 19.8 Å². The van der Waals surface area contributed by atoms with Gasteiger partial charge in [0.2, 0.25) is 0 Å². The van der Waals surface area contributed by atoms with Gasteiger partial charge in [-0.05, 0) is 36.4 Å². The Hall–Kier alpha value is -3.22. The zero-order valence-corrected chi connectivity index (χ0v) is 13.5. The van der Waals surface area contributed by atoms with Gasteiger partial charge in [0.1, 0.15) is 0 Å². The number of nitrogens with one attached hydrogen (secondary N) is 2. The number of aromatic amines is 1. The van der Waals surface area contributed by atoms with Crippen LogP contribution in [0.15, 0.2) is 41.2 Å². The minimum atomic E-state index is -0.284. The number of anilines is 1. The van der Waals surface area contributed by atoms with E-state index >= 15 is 0 Å². The Labute approximate surface area is 137 Å². The number of rotatable bonds is 4. The lowest BCUT2D eigenvalue weighted by molar-refractivity contribution is 0.102. The van der Waals surface area contributed by atoms with Crippen LogP contribution >= 0.6 is 0 Å². The molecule has 1 aromatic heterocycles. The summed E-state index contributed by atoms with van der Waals surface area (Å²) < 4.78 is 11.9. The summed E-state index contributed by atoms with van der Waals surface area (Å²) in [5.41, 5.74) is 2.25. The molecule has 0 spiro atoms. The summed E-state index contributed by atoms with van der Waals surface area (Å²) in [6.45, 7) is 0. The zero-order chi connectivity index (χ0) is 17.3. The third kappa shape index (κ3) is 2.71. The van der Waals surface area contributed by atoms with Gasteiger partial charge in [0.05, 0.1) is 25.3 Å². The van der Waals surface area contributed by atoms with E-state index in [4.69, 9.17) is 9.47 Å². The second-order valence-electron chi connectivity index (χ2n) is 5.24. The lowest BCUT2D eigenvalue weighted by Crippen LogP contribution is -2.12. The number of ether oxygens (including phenoxy) is 2. The molecular formula is C17H17N3O4. The molecule has 1 amide bonds. The van der Waals surface area contributed by atoms with Gasteiger partial charge in [0.25, 0.3) is 5.91 Å². The number of imidazole rings is 1. The van der Waals surface area contributed by atoms with E-state index in [0.29, 0.717) is 28.3 Å². The highest BCUT2D eigenvalue weighted by molar-refractivity contribution is 6.05. The van der Waals surface area contributed by atoms with E-state index in [0.717, 1.165) is 5.52 Å². The van der Waals surface area contributed by atoms with Crippen molar-refractivity contribution < 1.29 is 14.3 Å². The molecule has 0 atom stereocenters. The van der Waals surface area contributed by atoms with Crippen molar-refractivity contribution in [3.63, 3.8) is 0 Å². The molecule has 3 rings (SSSR count). The van der Waals surface area contributed by atoms with E-state index in [1.54, 1.807) is 43.4 Å². The Morgan fingerprint density at radius 3 is 2.54 bits per heavy atom. The minimum Gasteiger partial charge on any atom is -0.493 e. The molecule has 7 heteroatoms. The lowest BCUT2D eigenvalue weighted by Gasteiger charge is -2.10. The molecule has 0 aliphatic rings. The molecule has 0 saturated carbocycles. The average Bonchev–Trinajstić information content (AvgIpc) is 2.88. The van der Waals surface area contributed by atoms with Crippen molar-refractivity contribution in [2.24, 2.45) is 7.05 Å². The first-order valence-electron chi connectivity index (χ1n) is 7.25. The van der Waals surface area contributed by atoms with Gasteiger partial charge in [0.15, 0.2) is 11.5 Å². The average molecular weight is 327 g/mol. The maximum absolute atomic E-state index is 12.4. The molecule has 0 aliphatic carbocycles. The molecule has 0 unspecified atom stereocenters. The molecule has 0 saturated heterocycles. The van der Waals surface area contributed by atoms with Crippen LogP contribution in [-0.2, 0) is 7.05 Å². The van der Waals surface area contributed by atoms with E-state index in [9.17, 15) is 9.59 Å². The third-order valence-electron chi connectivity index (χ3n) is 3.81. The zero-order valence-electron chi connectivity index (χ0n) is 13.5. The number of fused-ring (bicyclic) bond motifs is 1. The summed E-state index contributed by atoms with van der Waals surface area (Å²) in [4.78, 5) is 26.8. The smallest absolute Gasteiger partial charge is 0.326 e. The van der Waals surface area contributed by atoms with E-state index in [2.05, 4.69) is 10.3 Å². The van der Waals surface area contributed by atoms with Crippen LogP contribution in [0.3, 0.4) is 0 Å². The maximum atomic E-state index is 12.4. The van der Waals surface area contributed by atoms with Crippen molar-refractivity contribution in [1.29, 1.82) is 0 Å². The monoisotopic (exact) mass is 327 g/mol. The maximum Gasteiger partial charge on any atom is 0.326 e. The molecule has 2 aromatic carbocycles. The molecule has 24 heavy (non-hydrogen) atoms. The second-order valence-corrected chi connectivity index (χ2v) is 5.24. The standard InChI is InChI=1S/C17H17N3O4/c1-20-13-6-5-11(9-12(13)19-17(20)22)18-16(21)10-4-7-14(23-2)15(8-10)24-3/h4-9H,1-3H3,(H,18,21)(H,19,22). The summed E-state index contributed by atoms with van der Waals surface area (Å²) in [6.07, 6.45) is 0. The first-order chi connectivity index (χ1) is 11.5. The van der Waals surface area contributed by atoms with Crippen LogP contribution in [0.1, 0.15) is 10.4 Å². The SMILES string of the molecule is COc1ccc(C(=O)Nc2ccc3c(c2)[nH]c(=O)n3C)cc1OC. The van der Waals surface area contributed by atoms with Crippen LogP contribution in [-0.4, -0.2) is 29.7 Å². The van der Waals surface area contributed by atoms with Gasteiger partial charge >= 0.3 is 5.69 Å². The quantitative estimate of drug-likeness (QED) is 0.769. The van der Waals surface area contributed by atoms with Crippen molar-refractivity contribution in [1.82, 2.24) is 9.55 Å². The summed E-state index contributed by atoms with van der Waals surface area (Å²) >= 11 is 0. The number of H-pyrrole nitrogens is 1. The van der Waals surface area contributed by atoms with Gasteiger partial charge in [-0.1, -0.05) is 0 Å². The van der Waals surface area contributed by atoms with Crippen molar-refractivity contribution in [3.8, 4) is 11.5 Å². The third-order valence-corrected chi connectivity index (χ3v) is 3.81. The molecule has 0 radical (unpaired) electrons. The Balaban J connectivity index is 1.88. The highest BCUT2D eigenvalue weighted by Crippen LogP contribution is 2.28. The molecule has 7 nitrogen and oxygen atoms in total. The summed E-state index contributed by atoms with van der Waals surface area (Å²) in [6, 6.07) is 10.2. The largest absolute Gasteiger partial charge is 0.493 e. The Kier molecular flexibility index (Phi) is 3.99. The van der Waals surface area contributed by atoms with Crippen LogP contribution in [0.5, 0.6) is 11.5 Å². The Bertz CT molecular complexity index is 972. The summed E-state index contributed by atoms with van der Waals surface area (Å²) in [7, 11) is 4.73. The van der Waals surface area contributed by atoms with E-state index < -0.39 is 0 Å². The van der Waals surface area contributed by atoms with Crippen molar-refractivity contribution >= 4 is 22.6 Å². The van der Waals surface area contributed by atoms with E-state index in [1.807, 2.05) is 0 Å². The molecule has 0 aliphatic heterocycles. The molecule has 0 bridgehead atoms. The number of methoxy groups -OCH3 is 2. The predicted octanol–water partition coefficient (Wildman–Crippen LogP) is 2.14. The van der Waals surface area contributed by atoms with Gasteiger partial charge in [-0.3, -0.25) is 9.36 Å². The number of carbonyl (C=O) groups is 1. The van der Waals surface area contributed by atoms with E-state index in [1.165, 1.54) is 18.8 Å². The van der Waals surface area contributed by atoms with Crippen LogP contribution < -0.4 is 20.5 Å². The Morgan fingerprint density at radius 2 is 1.83 bits per heavy atom.